The van der Waals surface area contributed by atoms with Crippen LogP contribution in [-0.4, -0.2) is 11.0 Å². The molecule has 1 fully saturated rings. The molecule has 96 valence electrons. The molecule has 1 aliphatic rings. The first-order chi connectivity index (χ1) is 8.24. The number of rotatable bonds is 5. The zero-order chi connectivity index (χ0) is 12.1. The van der Waals surface area contributed by atoms with E-state index in [0.29, 0.717) is 0 Å². The van der Waals surface area contributed by atoms with Crippen molar-refractivity contribution in [1.29, 1.82) is 0 Å². The number of nitrogens with zero attached hydrogens (tertiary/aromatic N) is 1. The van der Waals surface area contributed by atoms with Gasteiger partial charge in [0.05, 0.1) is 5.51 Å². The molecule has 2 atom stereocenters. The molecule has 0 amide bonds. The van der Waals surface area contributed by atoms with Crippen molar-refractivity contribution in [3.63, 3.8) is 0 Å². The smallest absolute Gasteiger partial charge is 0.0794 e. The lowest BCUT2D eigenvalue weighted by molar-refractivity contribution is 0.252. The first kappa shape index (κ1) is 13.0. The SMILES string of the molecule is CC(C)CC1CCCC(NCc2cncs2)C1. The Labute approximate surface area is 109 Å². The lowest BCUT2D eigenvalue weighted by Gasteiger charge is -2.30. The quantitative estimate of drug-likeness (QED) is 0.861. The minimum absolute atomic E-state index is 0.731. The van der Waals surface area contributed by atoms with Gasteiger partial charge < -0.3 is 5.32 Å². The Kier molecular flexibility index (Phi) is 4.99. The Morgan fingerprint density at radius 2 is 2.35 bits per heavy atom. The van der Waals surface area contributed by atoms with Crippen molar-refractivity contribution in [1.82, 2.24) is 10.3 Å². The van der Waals surface area contributed by atoms with E-state index in [4.69, 9.17) is 0 Å². The van der Waals surface area contributed by atoms with Gasteiger partial charge in [-0.2, -0.15) is 0 Å². The Balaban J connectivity index is 1.73. The van der Waals surface area contributed by atoms with Crippen molar-refractivity contribution >= 4 is 11.3 Å². The zero-order valence-electron chi connectivity index (χ0n) is 11.0. The van der Waals surface area contributed by atoms with Gasteiger partial charge in [0.2, 0.25) is 0 Å². The van der Waals surface area contributed by atoms with Crippen LogP contribution >= 0.6 is 11.3 Å². The van der Waals surface area contributed by atoms with E-state index in [1.165, 1.54) is 37.0 Å². The summed E-state index contributed by atoms with van der Waals surface area (Å²) in [6.07, 6.45) is 8.95. The Hall–Kier alpha value is -0.410. The molecular weight excluding hydrogens is 228 g/mol. The van der Waals surface area contributed by atoms with Gasteiger partial charge in [-0.1, -0.05) is 26.7 Å². The molecule has 1 aromatic rings. The third-order valence-corrected chi connectivity index (χ3v) is 4.42. The highest BCUT2D eigenvalue weighted by Gasteiger charge is 2.22. The second-order valence-electron chi connectivity index (χ2n) is 5.71. The molecule has 0 saturated heterocycles. The van der Waals surface area contributed by atoms with Gasteiger partial charge in [-0.05, 0) is 31.1 Å². The fourth-order valence-electron chi connectivity index (χ4n) is 2.93. The first-order valence-corrected chi connectivity index (χ1v) is 7.72. The molecule has 1 heterocycles. The van der Waals surface area contributed by atoms with Gasteiger partial charge >= 0.3 is 0 Å². The molecule has 17 heavy (non-hydrogen) atoms. The van der Waals surface area contributed by atoms with Crippen molar-refractivity contribution in [2.75, 3.05) is 0 Å². The van der Waals surface area contributed by atoms with Crippen LogP contribution in [0.1, 0.15) is 50.8 Å². The topological polar surface area (TPSA) is 24.9 Å². The standard InChI is InChI=1S/C14H24N2S/c1-11(2)6-12-4-3-5-13(7-12)16-9-14-8-15-10-17-14/h8,10-13,16H,3-7,9H2,1-2H3. The monoisotopic (exact) mass is 252 g/mol. The van der Waals surface area contributed by atoms with Crippen LogP contribution < -0.4 is 5.32 Å². The van der Waals surface area contributed by atoms with Crippen LogP contribution in [0.25, 0.3) is 0 Å². The fourth-order valence-corrected chi connectivity index (χ4v) is 3.48. The average molecular weight is 252 g/mol. The van der Waals surface area contributed by atoms with Crippen LogP contribution in [0.2, 0.25) is 0 Å². The number of hydrogen-bond donors (Lipinski definition) is 1. The van der Waals surface area contributed by atoms with E-state index >= 15 is 0 Å². The summed E-state index contributed by atoms with van der Waals surface area (Å²) in [6.45, 7) is 5.69. The van der Waals surface area contributed by atoms with Gasteiger partial charge in [0.25, 0.3) is 0 Å². The summed E-state index contributed by atoms with van der Waals surface area (Å²) < 4.78 is 0. The molecule has 0 aliphatic heterocycles. The maximum absolute atomic E-state index is 4.12. The molecule has 3 heteroatoms. The molecule has 0 aromatic carbocycles. The summed E-state index contributed by atoms with van der Waals surface area (Å²) in [5.41, 5.74) is 1.92. The van der Waals surface area contributed by atoms with E-state index in [1.807, 2.05) is 11.7 Å². The summed E-state index contributed by atoms with van der Waals surface area (Å²) >= 11 is 1.75. The highest BCUT2D eigenvalue weighted by atomic mass is 32.1. The lowest BCUT2D eigenvalue weighted by Crippen LogP contribution is -2.33. The van der Waals surface area contributed by atoms with E-state index in [9.17, 15) is 0 Å². The summed E-state index contributed by atoms with van der Waals surface area (Å²) in [5.74, 6) is 1.79. The van der Waals surface area contributed by atoms with E-state index in [0.717, 1.165) is 24.4 Å². The second kappa shape index (κ2) is 6.50. The molecule has 1 N–H and O–H groups in total. The number of aromatic nitrogens is 1. The number of thiazole rings is 1. The van der Waals surface area contributed by atoms with Gasteiger partial charge in [-0.15, -0.1) is 11.3 Å². The van der Waals surface area contributed by atoms with Crippen LogP contribution in [0.3, 0.4) is 0 Å². The highest BCUT2D eigenvalue weighted by molar-refractivity contribution is 7.09. The molecule has 2 unspecified atom stereocenters. The summed E-state index contributed by atoms with van der Waals surface area (Å²) in [5, 5.41) is 3.70. The highest BCUT2D eigenvalue weighted by Crippen LogP contribution is 2.29. The van der Waals surface area contributed by atoms with Gasteiger partial charge in [0.15, 0.2) is 0 Å². The third kappa shape index (κ3) is 4.40. The van der Waals surface area contributed by atoms with Gasteiger partial charge in [-0.25, -0.2) is 0 Å². The fraction of sp³-hybridized carbons (Fsp3) is 0.786. The van der Waals surface area contributed by atoms with Crippen LogP contribution in [0.4, 0.5) is 0 Å². The van der Waals surface area contributed by atoms with Crippen LogP contribution in [-0.2, 0) is 6.54 Å². The Bertz CT molecular complexity index is 308. The predicted molar refractivity (Wildman–Crippen MR) is 74.2 cm³/mol. The minimum atomic E-state index is 0.731. The van der Waals surface area contributed by atoms with Crippen LogP contribution in [0, 0.1) is 11.8 Å². The second-order valence-corrected chi connectivity index (χ2v) is 6.68. The van der Waals surface area contributed by atoms with Crippen molar-refractivity contribution in [3.8, 4) is 0 Å². The number of hydrogen-bond acceptors (Lipinski definition) is 3. The molecule has 1 aliphatic carbocycles. The van der Waals surface area contributed by atoms with E-state index in [1.54, 1.807) is 11.3 Å². The maximum atomic E-state index is 4.12. The molecule has 2 nitrogen and oxygen atoms in total. The van der Waals surface area contributed by atoms with Crippen molar-refractivity contribution < 1.29 is 0 Å². The number of nitrogens with one attached hydrogen (secondary N) is 1. The zero-order valence-corrected chi connectivity index (χ0v) is 11.8. The molecule has 0 bridgehead atoms. The molecule has 0 spiro atoms. The molecular formula is C14H24N2S. The summed E-state index contributed by atoms with van der Waals surface area (Å²) in [7, 11) is 0. The first-order valence-electron chi connectivity index (χ1n) is 6.84. The summed E-state index contributed by atoms with van der Waals surface area (Å²) in [6, 6.07) is 0.731. The van der Waals surface area contributed by atoms with Crippen LogP contribution in [0.5, 0.6) is 0 Å². The lowest BCUT2D eigenvalue weighted by atomic mass is 9.81. The third-order valence-electron chi connectivity index (χ3n) is 3.64. The van der Waals surface area contributed by atoms with E-state index < -0.39 is 0 Å². The van der Waals surface area contributed by atoms with Crippen molar-refractivity contribution in [2.45, 2.75) is 58.5 Å². The minimum Gasteiger partial charge on any atom is -0.309 e. The summed E-state index contributed by atoms with van der Waals surface area (Å²) in [4.78, 5) is 5.48. The van der Waals surface area contributed by atoms with Crippen molar-refractivity contribution in [3.05, 3.63) is 16.6 Å². The predicted octanol–water partition coefficient (Wildman–Crippen LogP) is 3.84. The normalized spacial score (nSPS) is 25.4. The van der Waals surface area contributed by atoms with Gasteiger partial charge in [0.1, 0.15) is 0 Å². The molecule has 0 radical (unpaired) electrons. The van der Waals surface area contributed by atoms with Crippen molar-refractivity contribution in [2.24, 2.45) is 11.8 Å². The van der Waals surface area contributed by atoms with E-state index in [2.05, 4.69) is 24.1 Å². The van der Waals surface area contributed by atoms with Gasteiger partial charge in [-0.3, -0.25) is 4.98 Å². The average Bonchev–Trinajstić information content (AvgIpc) is 2.79. The molecule has 1 aromatic heterocycles. The Morgan fingerprint density at radius 1 is 1.47 bits per heavy atom. The largest absolute Gasteiger partial charge is 0.309 e. The van der Waals surface area contributed by atoms with Crippen LogP contribution in [0.15, 0.2) is 11.7 Å². The Morgan fingerprint density at radius 3 is 3.06 bits per heavy atom. The molecule has 2 rings (SSSR count). The van der Waals surface area contributed by atoms with E-state index in [-0.39, 0.29) is 0 Å². The maximum Gasteiger partial charge on any atom is 0.0794 e. The molecule has 1 saturated carbocycles. The van der Waals surface area contributed by atoms with Gasteiger partial charge in [0, 0.05) is 23.7 Å².